The Kier molecular flexibility index (Phi) is 6.59. The van der Waals surface area contributed by atoms with Gasteiger partial charge in [0, 0.05) is 30.7 Å². The highest BCUT2D eigenvalue weighted by molar-refractivity contribution is 5.83. The summed E-state index contributed by atoms with van der Waals surface area (Å²) in [7, 11) is 1.62. The van der Waals surface area contributed by atoms with Crippen molar-refractivity contribution in [2.75, 3.05) is 20.5 Å². The lowest BCUT2D eigenvalue weighted by atomic mass is 10.0. The Morgan fingerprint density at radius 2 is 1.92 bits per heavy atom. The molecule has 4 heterocycles. The van der Waals surface area contributed by atoms with E-state index in [4.69, 9.17) is 18.6 Å². The number of aromatic amines is 1. The summed E-state index contributed by atoms with van der Waals surface area (Å²) in [6.07, 6.45) is 1.64. The molecule has 0 fully saturated rings. The molecule has 5 aromatic rings. The first kappa shape index (κ1) is 23.9. The molecule has 1 N–H and O–H groups in total. The molecule has 0 saturated heterocycles. The Morgan fingerprint density at radius 1 is 1.08 bits per heavy atom. The van der Waals surface area contributed by atoms with Crippen LogP contribution in [0.25, 0.3) is 10.9 Å². The van der Waals surface area contributed by atoms with Crippen LogP contribution in [0.1, 0.15) is 28.8 Å². The first-order chi connectivity index (χ1) is 18.7. The smallest absolute Gasteiger partial charge is 0.253 e. The SMILES string of the molecule is COCCn1nnnc1C(c1cc2cc3c(cc2[nH]c1=O)OCO3)N(Cc1ccccc1)Cc1ccco1. The molecule has 0 saturated carbocycles. The molecule has 11 nitrogen and oxygen atoms in total. The van der Waals surface area contributed by atoms with Crippen LogP contribution in [-0.2, 0) is 24.4 Å². The van der Waals surface area contributed by atoms with Gasteiger partial charge in [0.05, 0.1) is 31.5 Å². The Labute approximate surface area is 217 Å². The molecule has 38 heavy (non-hydrogen) atoms. The van der Waals surface area contributed by atoms with E-state index in [1.54, 1.807) is 24.1 Å². The van der Waals surface area contributed by atoms with E-state index in [2.05, 4.69) is 25.4 Å². The Balaban J connectivity index is 1.51. The summed E-state index contributed by atoms with van der Waals surface area (Å²) in [6, 6.07) is 18.7. The average molecular weight is 515 g/mol. The average Bonchev–Trinajstić information content (AvgIpc) is 3.70. The zero-order chi connectivity index (χ0) is 25.9. The number of methoxy groups -OCH3 is 1. The molecule has 6 rings (SSSR count). The normalized spacial score (nSPS) is 13.4. The molecule has 1 unspecified atom stereocenters. The maximum atomic E-state index is 13.7. The summed E-state index contributed by atoms with van der Waals surface area (Å²) < 4.78 is 23.8. The van der Waals surface area contributed by atoms with Gasteiger partial charge in [-0.1, -0.05) is 30.3 Å². The van der Waals surface area contributed by atoms with Crippen LogP contribution in [-0.4, -0.2) is 50.6 Å². The fraction of sp³-hybridized carbons (Fsp3) is 0.259. The van der Waals surface area contributed by atoms with Crippen molar-refractivity contribution in [3.63, 3.8) is 0 Å². The van der Waals surface area contributed by atoms with Gasteiger partial charge < -0.3 is 23.6 Å². The van der Waals surface area contributed by atoms with E-state index in [9.17, 15) is 4.79 Å². The topological polar surface area (TPSA) is 121 Å². The highest BCUT2D eigenvalue weighted by Gasteiger charge is 2.31. The van der Waals surface area contributed by atoms with Crippen molar-refractivity contribution in [3.8, 4) is 11.5 Å². The third-order valence-corrected chi connectivity index (χ3v) is 6.50. The van der Waals surface area contributed by atoms with Gasteiger partial charge in [-0.25, -0.2) is 4.68 Å². The number of H-pyrrole nitrogens is 1. The quantitative estimate of drug-likeness (QED) is 0.299. The van der Waals surface area contributed by atoms with Gasteiger partial charge in [-0.2, -0.15) is 0 Å². The summed E-state index contributed by atoms with van der Waals surface area (Å²) >= 11 is 0. The van der Waals surface area contributed by atoms with Crippen molar-refractivity contribution in [2.45, 2.75) is 25.7 Å². The second-order valence-electron chi connectivity index (χ2n) is 8.97. The fourth-order valence-electron chi connectivity index (χ4n) is 4.72. The maximum Gasteiger partial charge on any atom is 0.253 e. The van der Waals surface area contributed by atoms with Gasteiger partial charge in [0.2, 0.25) is 6.79 Å². The molecule has 1 aliphatic rings. The van der Waals surface area contributed by atoms with Gasteiger partial charge in [-0.3, -0.25) is 9.69 Å². The van der Waals surface area contributed by atoms with E-state index in [1.807, 2.05) is 54.6 Å². The van der Waals surface area contributed by atoms with E-state index >= 15 is 0 Å². The van der Waals surface area contributed by atoms with Gasteiger partial charge in [-0.15, -0.1) is 5.10 Å². The third-order valence-electron chi connectivity index (χ3n) is 6.50. The van der Waals surface area contributed by atoms with Crippen molar-refractivity contribution in [1.29, 1.82) is 0 Å². The predicted octanol–water partition coefficient (Wildman–Crippen LogP) is 3.27. The van der Waals surface area contributed by atoms with Crippen LogP contribution in [0.15, 0.2) is 76.1 Å². The van der Waals surface area contributed by atoms with Gasteiger partial charge in [0.1, 0.15) is 11.8 Å². The first-order valence-electron chi connectivity index (χ1n) is 12.2. The fourth-order valence-corrected chi connectivity index (χ4v) is 4.72. The highest BCUT2D eigenvalue weighted by Crippen LogP contribution is 2.36. The Morgan fingerprint density at radius 3 is 2.71 bits per heavy atom. The molecule has 194 valence electrons. The number of nitrogens with zero attached hydrogens (tertiary/aromatic N) is 5. The van der Waals surface area contributed by atoms with Crippen molar-refractivity contribution < 1.29 is 18.6 Å². The minimum atomic E-state index is -0.606. The number of furan rings is 1. The van der Waals surface area contributed by atoms with Crippen LogP contribution in [0, 0.1) is 0 Å². The number of fused-ring (bicyclic) bond motifs is 2. The van der Waals surface area contributed by atoms with Crippen LogP contribution in [0.2, 0.25) is 0 Å². The van der Waals surface area contributed by atoms with Crippen LogP contribution < -0.4 is 15.0 Å². The van der Waals surface area contributed by atoms with Crippen LogP contribution in [0.3, 0.4) is 0 Å². The second kappa shape index (κ2) is 10.5. The number of aromatic nitrogens is 5. The number of tetrazole rings is 1. The van der Waals surface area contributed by atoms with Crippen LogP contribution >= 0.6 is 0 Å². The number of hydrogen-bond donors (Lipinski definition) is 1. The van der Waals surface area contributed by atoms with Crippen molar-refractivity contribution in [1.82, 2.24) is 30.1 Å². The minimum absolute atomic E-state index is 0.146. The summed E-state index contributed by atoms with van der Waals surface area (Å²) in [5.74, 6) is 2.51. The maximum absolute atomic E-state index is 13.7. The summed E-state index contributed by atoms with van der Waals surface area (Å²) in [5.41, 5.74) is 1.97. The molecule has 0 amide bonds. The van der Waals surface area contributed by atoms with Crippen LogP contribution in [0.4, 0.5) is 0 Å². The number of benzene rings is 2. The third kappa shape index (κ3) is 4.76. The van der Waals surface area contributed by atoms with E-state index in [0.29, 0.717) is 54.6 Å². The summed E-state index contributed by atoms with van der Waals surface area (Å²) in [4.78, 5) is 18.8. The van der Waals surface area contributed by atoms with Crippen LogP contribution in [0.5, 0.6) is 11.5 Å². The number of pyridine rings is 1. The lowest BCUT2D eigenvalue weighted by Gasteiger charge is -2.30. The van der Waals surface area contributed by atoms with Gasteiger partial charge in [-0.05, 0) is 40.3 Å². The van der Waals surface area contributed by atoms with Crippen molar-refractivity contribution >= 4 is 10.9 Å². The molecule has 1 atom stereocenters. The highest BCUT2D eigenvalue weighted by atomic mass is 16.7. The largest absolute Gasteiger partial charge is 0.468 e. The summed E-state index contributed by atoms with van der Waals surface area (Å²) in [5, 5.41) is 13.4. The molecular weight excluding hydrogens is 488 g/mol. The zero-order valence-corrected chi connectivity index (χ0v) is 20.7. The molecule has 3 aromatic heterocycles. The molecule has 1 aliphatic heterocycles. The molecular formula is C27H26N6O5. The van der Waals surface area contributed by atoms with Gasteiger partial charge >= 0.3 is 0 Å². The number of hydrogen-bond acceptors (Lipinski definition) is 9. The number of nitrogens with one attached hydrogen (secondary N) is 1. The van der Waals surface area contributed by atoms with Crippen molar-refractivity contribution in [3.05, 3.63) is 100.0 Å². The molecule has 0 aliphatic carbocycles. The molecule has 0 spiro atoms. The predicted molar refractivity (Wildman–Crippen MR) is 137 cm³/mol. The Bertz CT molecular complexity index is 1580. The summed E-state index contributed by atoms with van der Waals surface area (Å²) in [6.45, 7) is 1.93. The van der Waals surface area contributed by atoms with E-state index < -0.39 is 6.04 Å². The van der Waals surface area contributed by atoms with E-state index in [-0.39, 0.29) is 12.4 Å². The molecule has 0 radical (unpaired) electrons. The number of ether oxygens (including phenoxy) is 3. The standard InChI is InChI=1S/C27H26N6O5/c1-35-11-9-33-26(29-30-31-33)25(32(16-20-8-5-10-36-20)15-18-6-3-2-4-7-18)21-12-19-13-23-24(38-17-37-23)14-22(19)28-27(21)34/h2-8,10,12-14,25H,9,11,15-17H2,1H3,(H,28,34). The second-order valence-corrected chi connectivity index (χ2v) is 8.97. The minimum Gasteiger partial charge on any atom is -0.468 e. The Hall–Kier alpha value is -4.48. The lowest BCUT2D eigenvalue weighted by molar-refractivity contribution is 0.163. The number of rotatable bonds is 10. The van der Waals surface area contributed by atoms with E-state index in [1.165, 1.54) is 0 Å². The molecule has 2 aromatic carbocycles. The van der Waals surface area contributed by atoms with Gasteiger partial charge in [0.15, 0.2) is 17.3 Å². The lowest BCUT2D eigenvalue weighted by Crippen LogP contribution is -2.35. The first-order valence-corrected chi connectivity index (χ1v) is 12.2. The monoisotopic (exact) mass is 514 g/mol. The molecule has 11 heteroatoms. The zero-order valence-electron chi connectivity index (χ0n) is 20.7. The molecule has 0 bridgehead atoms. The van der Waals surface area contributed by atoms with Gasteiger partial charge in [0.25, 0.3) is 5.56 Å². The van der Waals surface area contributed by atoms with Crippen molar-refractivity contribution in [2.24, 2.45) is 0 Å². The van der Waals surface area contributed by atoms with E-state index in [0.717, 1.165) is 16.7 Å².